The second-order valence-corrected chi connectivity index (χ2v) is 5.28. The minimum Gasteiger partial charge on any atom is -0.346 e. The third-order valence-corrected chi connectivity index (χ3v) is 4.16. The van der Waals surface area contributed by atoms with Crippen molar-refractivity contribution in [1.82, 2.24) is 15.3 Å². The molecule has 88 valence electrons. The van der Waals surface area contributed by atoms with Gasteiger partial charge in [-0.2, -0.15) is 0 Å². The molecule has 0 unspecified atom stereocenters. The Morgan fingerprint density at radius 2 is 1.81 bits per heavy atom. The fourth-order valence-corrected chi connectivity index (χ4v) is 2.87. The maximum absolute atomic E-state index is 4.87. The number of hydrogen-bond acceptors (Lipinski definition) is 2. The summed E-state index contributed by atoms with van der Waals surface area (Å²) < 4.78 is 0. The van der Waals surface area contributed by atoms with Crippen molar-refractivity contribution in [2.24, 2.45) is 0 Å². The summed E-state index contributed by atoms with van der Waals surface area (Å²) in [6.07, 6.45) is 6.54. The highest BCUT2D eigenvalue weighted by molar-refractivity contribution is 5.21. The molecule has 3 rings (SSSR count). The molecule has 2 fully saturated rings. The fourth-order valence-electron chi connectivity index (χ4n) is 2.87. The number of nitrogens with one attached hydrogen (secondary N) is 2. The quantitative estimate of drug-likeness (QED) is 0.802. The molecule has 1 aliphatic carbocycles. The molecule has 2 N–H and O–H groups in total. The van der Waals surface area contributed by atoms with Gasteiger partial charge in [-0.25, -0.2) is 4.98 Å². The third kappa shape index (κ3) is 1.77. The molecule has 2 heterocycles. The van der Waals surface area contributed by atoms with Gasteiger partial charge in [-0.1, -0.05) is 6.42 Å². The summed E-state index contributed by atoms with van der Waals surface area (Å²) in [5.74, 6) is 2.67. The van der Waals surface area contributed by atoms with Crippen LogP contribution in [0.15, 0.2) is 0 Å². The van der Waals surface area contributed by atoms with Crippen LogP contribution in [-0.2, 0) is 0 Å². The van der Waals surface area contributed by atoms with Crippen LogP contribution in [0.4, 0.5) is 0 Å². The molecule has 0 spiro atoms. The van der Waals surface area contributed by atoms with Crippen LogP contribution < -0.4 is 5.32 Å². The van der Waals surface area contributed by atoms with Crippen molar-refractivity contribution in [2.45, 2.75) is 50.9 Å². The van der Waals surface area contributed by atoms with Gasteiger partial charge >= 0.3 is 0 Å². The second-order valence-electron chi connectivity index (χ2n) is 5.28. The number of piperidine rings is 1. The van der Waals surface area contributed by atoms with E-state index in [1.807, 2.05) is 0 Å². The Labute approximate surface area is 97.0 Å². The summed E-state index contributed by atoms with van der Waals surface area (Å²) >= 11 is 0. The van der Waals surface area contributed by atoms with Gasteiger partial charge in [0.15, 0.2) is 0 Å². The van der Waals surface area contributed by atoms with Gasteiger partial charge in [0.2, 0.25) is 0 Å². The Kier molecular flexibility index (Phi) is 2.72. The van der Waals surface area contributed by atoms with Gasteiger partial charge in [0.05, 0.1) is 5.69 Å². The number of aryl methyl sites for hydroxylation is 1. The van der Waals surface area contributed by atoms with Crippen molar-refractivity contribution < 1.29 is 0 Å². The van der Waals surface area contributed by atoms with Gasteiger partial charge in [0.25, 0.3) is 0 Å². The van der Waals surface area contributed by atoms with E-state index in [1.54, 1.807) is 0 Å². The number of H-pyrrole nitrogens is 1. The number of aromatic amines is 1. The zero-order chi connectivity index (χ0) is 11.0. The predicted molar refractivity (Wildman–Crippen MR) is 64.8 cm³/mol. The van der Waals surface area contributed by atoms with Crippen molar-refractivity contribution in [3.8, 4) is 0 Å². The van der Waals surface area contributed by atoms with Crippen LogP contribution in [0.3, 0.4) is 0 Å². The lowest BCUT2D eigenvalue weighted by Gasteiger charge is -2.24. The monoisotopic (exact) mass is 219 g/mol. The Morgan fingerprint density at radius 3 is 2.44 bits per heavy atom. The highest BCUT2D eigenvalue weighted by Crippen LogP contribution is 2.37. The SMILES string of the molecule is Cc1[nH]c(C2CCNCC2)nc1C1CCC1. The van der Waals surface area contributed by atoms with Gasteiger partial charge in [-0.15, -0.1) is 0 Å². The first-order valence-corrected chi connectivity index (χ1v) is 6.61. The lowest BCUT2D eigenvalue weighted by molar-refractivity contribution is 0.407. The third-order valence-electron chi connectivity index (χ3n) is 4.16. The van der Waals surface area contributed by atoms with E-state index < -0.39 is 0 Å². The Hall–Kier alpha value is -0.830. The lowest BCUT2D eigenvalue weighted by Crippen LogP contribution is -2.27. The predicted octanol–water partition coefficient (Wildman–Crippen LogP) is 2.45. The molecule has 1 aromatic heterocycles. The smallest absolute Gasteiger partial charge is 0.109 e. The molecule has 3 nitrogen and oxygen atoms in total. The molecule has 0 atom stereocenters. The van der Waals surface area contributed by atoms with Gasteiger partial charge in [-0.05, 0) is 45.7 Å². The number of hydrogen-bond donors (Lipinski definition) is 2. The molecule has 1 saturated carbocycles. The maximum atomic E-state index is 4.87. The van der Waals surface area contributed by atoms with Crippen LogP contribution >= 0.6 is 0 Å². The summed E-state index contributed by atoms with van der Waals surface area (Å²) in [5.41, 5.74) is 2.68. The summed E-state index contributed by atoms with van der Waals surface area (Å²) in [6.45, 7) is 4.47. The van der Waals surface area contributed by atoms with Gasteiger partial charge in [0.1, 0.15) is 5.82 Å². The Balaban J connectivity index is 1.79. The molecule has 0 bridgehead atoms. The minimum absolute atomic E-state index is 0.661. The summed E-state index contributed by atoms with van der Waals surface area (Å²) in [5, 5.41) is 3.41. The fraction of sp³-hybridized carbons (Fsp3) is 0.769. The van der Waals surface area contributed by atoms with Crippen LogP contribution in [0.5, 0.6) is 0 Å². The zero-order valence-corrected chi connectivity index (χ0v) is 10.1. The second kappa shape index (κ2) is 4.21. The van der Waals surface area contributed by atoms with E-state index in [9.17, 15) is 0 Å². The van der Waals surface area contributed by atoms with E-state index in [0.717, 1.165) is 19.0 Å². The summed E-state index contributed by atoms with van der Waals surface area (Å²) in [4.78, 5) is 8.40. The standard InChI is InChI=1S/C13H21N3/c1-9-12(10-3-2-4-10)16-13(15-9)11-5-7-14-8-6-11/h10-11,14H,2-8H2,1H3,(H,15,16). The number of rotatable bonds is 2. The zero-order valence-electron chi connectivity index (χ0n) is 10.1. The molecule has 1 aromatic rings. The van der Waals surface area contributed by atoms with Gasteiger partial charge < -0.3 is 10.3 Å². The molecule has 0 aromatic carbocycles. The number of nitrogens with zero attached hydrogens (tertiary/aromatic N) is 1. The molecule has 0 radical (unpaired) electrons. The normalized spacial score (nSPS) is 23.3. The molecule has 16 heavy (non-hydrogen) atoms. The van der Waals surface area contributed by atoms with E-state index >= 15 is 0 Å². The van der Waals surface area contributed by atoms with Crippen LogP contribution in [0.1, 0.15) is 61.2 Å². The molecule has 1 saturated heterocycles. The van der Waals surface area contributed by atoms with Crippen LogP contribution in [0.25, 0.3) is 0 Å². The molecule has 0 amide bonds. The van der Waals surface area contributed by atoms with Crippen molar-refractivity contribution in [2.75, 3.05) is 13.1 Å². The van der Waals surface area contributed by atoms with Crippen molar-refractivity contribution in [3.63, 3.8) is 0 Å². The molecule has 3 heteroatoms. The molecular formula is C13H21N3. The molecular weight excluding hydrogens is 198 g/mol. The van der Waals surface area contributed by atoms with Crippen LogP contribution in [0, 0.1) is 6.92 Å². The highest BCUT2D eigenvalue weighted by Gasteiger charge is 2.26. The average molecular weight is 219 g/mol. The molecule has 2 aliphatic rings. The van der Waals surface area contributed by atoms with Gasteiger partial charge in [-0.3, -0.25) is 0 Å². The van der Waals surface area contributed by atoms with Crippen molar-refractivity contribution in [3.05, 3.63) is 17.2 Å². The highest BCUT2D eigenvalue weighted by atomic mass is 15.0. The van der Waals surface area contributed by atoms with Crippen LogP contribution in [-0.4, -0.2) is 23.1 Å². The van der Waals surface area contributed by atoms with E-state index in [2.05, 4.69) is 17.2 Å². The number of imidazole rings is 1. The lowest BCUT2D eigenvalue weighted by atomic mass is 9.82. The first-order chi connectivity index (χ1) is 7.84. The van der Waals surface area contributed by atoms with Crippen molar-refractivity contribution in [1.29, 1.82) is 0 Å². The van der Waals surface area contributed by atoms with Crippen LogP contribution in [0.2, 0.25) is 0 Å². The summed E-state index contributed by atoms with van der Waals surface area (Å²) in [7, 11) is 0. The summed E-state index contributed by atoms with van der Waals surface area (Å²) in [6, 6.07) is 0. The number of aromatic nitrogens is 2. The maximum Gasteiger partial charge on any atom is 0.109 e. The van der Waals surface area contributed by atoms with E-state index in [-0.39, 0.29) is 0 Å². The van der Waals surface area contributed by atoms with Gasteiger partial charge in [0, 0.05) is 17.5 Å². The molecule has 1 aliphatic heterocycles. The minimum atomic E-state index is 0.661. The first kappa shape index (κ1) is 10.3. The topological polar surface area (TPSA) is 40.7 Å². The average Bonchev–Trinajstić information content (AvgIpc) is 2.60. The van der Waals surface area contributed by atoms with E-state index in [4.69, 9.17) is 4.98 Å². The first-order valence-electron chi connectivity index (χ1n) is 6.61. The largest absolute Gasteiger partial charge is 0.346 e. The Bertz CT molecular complexity index is 359. The van der Waals surface area contributed by atoms with Crippen molar-refractivity contribution >= 4 is 0 Å². The van der Waals surface area contributed by atoms with E-state index in [1.165, 1.54) is 49.3 Å². The Morgan fingerprint density at radius 1 is 1.06 bits per heavy atom. The van der Waals surface area contributed by atoms with E-state index in [0.29, 0.717) is 5.92 Å².